The van der Waals surface area contributed by atoms with E-state index in [0.29, 0.717) is 37.4 Å². The highest BCUT2D eigenvalue weighted by atomic mass is 35.5. The zero-order valence-corrected chi connectivity index (χ0v) is 16.5. The maximum Gasteiger partial charge on any atom is 0.222 e. The standard InChI is InChI=1S/C21H29N3O2.ClH/c25-20(13-15-11-17-8-9-18(12-15)22-17)23-19(16-5-2-1-3-6-16)14-24-10-4-7-21(24)26;/h1-3,5-6,15,17-19,22H,4,7-14H2,(H,23,25);1H. The van der Waals surface area contributed by atoms with E-state index in [9.17, 15) is 9.59 Å². The van der Waals surface area contributed by atoms with Gasteiger partial charge in [0.15, 0.2) is 0 Å². The van der Waals surface area contributed by atoms with E-state index in [1.54, 1.807) is 0 Å². The Bertz CT molecular complexity index is 642. The topological polar surface area (TPSA) is 61.4 Å². The molecule has 3 heterocycles. The summed E-state index contributed by atoms with van der Waals surface area (Å²) in [7, 11) is 0. The third-order valence-electron chi connectivity index (χ3n) is 6.16. The van der Waals surface area contributed by atoms with Crippen LogP contribution in [0.25, 0.3) is 0 Å². The fourth-order valence-corrected chi connectivity index (χ4v) is 4.89. The van der Waals surface area contributed by atoms with Crippen molar-refractivity contribution in [2.45, 2.75) is 63.1 Å². The van der Waals surface area contributed by atoms with Crippen molar-refractivity contribution in [3.63, 3.8) is 0 Å². The van der Waals surface area contributed by atoms with Gasteiger partial charge in [0.2, 0.25) is 11.8 Å². The smallest absolute Gasteiger partial charge is 0.222 e. The molecule has 3 fully saturated rings. The van der Waals surface area contributed by atoms with Gasteiger partial charge < -0.3 is 15.5 Å². The monoisotopic (exact) mass is 391 g/mol. The molecule has 2 bridgehead atoms. The molecule has 0 aromatic heterocycles. The molecular formula is C21H30ClN3O2. The van der Waals surface area contributed by atoms with Crippen LogP contribution >= 0.6 is 12.4 Å². The van der Waals surface area contributed by atoms with Gasteiger partial charge in [-0.3, -0.25) is 9.59 Å². The van der Waals surface area contributed by atoms with Crippen LogP contribution in [0.2, 0.25) is 0 Å². The third-order valence-corrected chi connectivity index (χ3v) is 6.16. The largest absolute Gasteiger partial charge is 0.347 e. The van der Waals surface area contributed by atoms with Crippen LogP contribution < -0.4 is 10.6 Å². The van der Waals surface area contributed by atoms with Gasteiger partial charge in [-0.2, -0.15) is 0 Å². The van der Waals surface area contributed by atoms with Crippen molar-refractivity contribution in [1.82, 2.24) is 15.5 Å². The Labute approximate surface area is 167 Å². The number of fused-ring (bicyclic) bond motifs is 2. The molecule has 27 heavy (non-hydrogen) atoms. The van der Waals surface area contributed by atoms with Gasteiger partial charge in [0.25, 0.3) is 0 Å². The summed E-state index contributed by atoms with van der Waals surface area (Å²) in [5.74, 6) is 0.811. The summed E-state index contributed by atoms with van der Waals surface area (Å²) >= 11 is 0. The first kappa shape index (κ1) is 20.2. The number of carbonyl (C=O) groups excluding carboxylic acids is 2. The highest BCUT2D eigenvalue weighted by Crippen LogP contribution is 2.32. The van der Waals surface area contributed by atoms with Gasteiger partial charge in [0, 0.05) is 38.0 Å². The molecule has 2 amide bonds. The molecule has 148 valence electrons. The number of nitrogens with one attached hydrogen (secondary N) is 2. The molecule has 1 aromatic carbocycles. The Kier molecular flexibility index (Phi) is 6.77. The highest BCUT2D eigenvalue weighted by molar-refractivity contribution is 5.85. The molecule has 1 aromatic rings. The number of benzene rings is 1. The number of likely N-dealkylation sites (tertiary alicyclic amines) is 1. The number of amides is 2. The lowest BCUT2D eigenvalue weighted by Gasteiger charge is -2.30. The zero-order valence-electron chi connectivity index (χ0n) is 15.7. The van der Waals surface area contributed by atoms with Gasteiger partial charge >= 0.3 is 0 Å². The van der Waals surface area contributed by atoms with Crippen molar-refractivity contribution < 1.29 is 9.59 Å². The van der Waals surface area contributed by atoms with Crippen LogP contribution in [0.1, 0.15) is 56.6 Å². The van der Waals surface area contributed by atoms with Crippen LogP contribution in [0.3, 0.4) is 0 Å². The average Bonchev–Trinajstić information content (AvgIpc) is 3.20. The van der Waals surface area contributed by atoms with E-state index in [0.717, 1.165) is 31.4 Å². The summed E-state index contributed by atoms with van der Waals surface area (Å²) in [5, 5.41) is 6.86. The van der Waals surface area contributed by atoms with E-state index in [1.807, 2.05) is 35.2 Å². The minimum absolute atomic E-state index is 0. The Morgan fingerprint density at radius 2 is 1.89 bits per heavy atom. The van der Waals surface area contributed by atoms with Gasteiger partial charge in [-0.05, 0) is 43.6 Å². The number of carbonyl (C=O) groups is 2. The fraction of sp³-hybridized carbons (Fsp3) is 0.619. The molecule has 3 saturated heterocycles. The molecule has 0 saturated carbocycles. The molecule has 5 nitrogen and oxygen atoms in total. The van der Waals surface area contributed by atoms with E-state index in [1.165, 1.54) is 12.8 Å². The van der Waals surface area contributed by atoms with E-state index >= 15 is 0 Å². The average molecular weight is 392 g/mol. The van der Waals surface area contributed by atoms with Gasteiger partial charge in [-0.25, -0.2) is 0 Å². The van der Waals surface area contributed by atoms with Crippen LogP contribution in [0.5, 0.6) is 0 Å². The van der Waals surface area contributed by atoms with Crippen LogP contribution in [-0.4, -0.2) is 41.9 Å². The number of hydrogen-bond donors (Lipinski definition) is 2. The molecule has 2 N–H and O–H groups in total. The first-order valence-electron chi connectivity index (χ1n) is 10.1. The quantitative estimate of drug-likeness (QED) is 0.783. The van der Waals surface area contributed by atoms with Crippen LogP contribution in [0, 0.1) is 5.92 Å². The predicted molar refractivity (Wildman–Crippen MR) is 108 cm³/mol. The third kappa shape index (κ3) is 5.02. The second-order valence-electron chi connectivity index (χ2n) is 8.15. The van der Waals surface area contributed by atoms with Gasteiger partial charge in [0.05, 0.1) is 6.04 Å². The molecule has 0 radical (unpaired) electrons. The second kappa shape index (κ2) is 9.07. The Hall–Kier alpha value is -1.59. The Balaban J connectivity index is 0.00000210. The lowest BCUT2D eigenvalue weighted by Crippen LogP contribution is -2.42. The van der Waals surface area contributed by atoms with Crippen molar-refractivity contribution in [2.24, 2.45) is 5.92 Å². The van der Waals surface area contributed by atoms with Crippen molar-refractivity contribution in [3.8, 4) is 0 Å². The number of halogens is 1. The second-order valence-corrected chi connectivity index (χ2v) is 8.15. The first-order valence-corrected chi connectivity index (χ1v) is 10.1. The molecular weight excluding hydrogens is 362 g/mol. The molecule has 4 rings (SSSR count). The summed E-state index contributed by atoms with van der Waals surface area (Å²) in [6.07, 6.45) is 6.90. The van der Waals surface area contributed by atoms with E-state index in [2.05, 4.69) is 10.6 Å². The van der Waals surface area contributed by atoms with Crippen molar-refractivity contribution in [1.29, 1.82) is 0 Å². The number of piperidine rings is 1. The fourth-order valence-electron chi connectivity index (χ4n) is 4.89. The molecule has 3 atom stereocenters. The molecule has 3 aliphatic rings. The van der Waals surface area contributed by atoms with Crippen LogP contribution in [-0.2, 0) is 9.59 Å². The maximum absolute atomic E-state index is 12.7. The minimum Gasteiger partial charge on any atom is -0.347 e. The van der Waals surface area contributed by atoms with E-state index in [-0.39, 0.29) is 30.3 Å². The van der Waals surface area contributed by atoms with Crippen molar-refractivity contribution in [3.05, 3.63) is 35.9 Å². The van der Waals surface area contributed by atoms with E-state index < -0.39 is 0 Å². The molecule has 0 spiro atoms. The first-order chi connectivity index (χ1) is 12.7. The lowest BCUT2D eigenvalue weighted by molar-refractivity contribution is -0.129. The summed E-state index contributed by atoms with van der Waals surface area (Å²) in [6, 6.07) is 11.1. The van der Waals surface area contributed by atoms with Crippen LogP contribution in [0.4, 0.5) is 0 Å². The summed E-state index contributed by atoms with van der Waals surface area (Å²) in [6.45, 7) is 1.38. The van der Waals surface area contributed by atoms with Gasteiger partial charge in [0.1, 0.15) is 0 Å². The van der Waals surface area contributed by atoms with Crippen molar-refractivity contribution in [2.75, 3.05) is 13.1 Å². The molecule has 3 aliphatic heterocycles. The number of rotatable bonds is 6. The molecule has 6 heteroatoms. The maximum atomic E-state index is 12.7. The summed E-state index contributed by atoms with van der Waals surface area (Å²) in [4.78, 5) is 26.7. The predicted octanol–water partition coefficient (Wildman–Crippen LogP) is 2.81. The van der Waals surface area contributed by atoms with Crippen LogP contribution in [0.15, 0.2) is 30.3 Å². The number of hydrogen-bond acceptors (Lipinski definition) is 3. The highest BCUT2D eigenvalue weighted by Gasteiger charge is 2.34. The van der Waals surface area contributed by atoms with Gasteiger partial charge in [-0.15, -0.1) is 12.4 Å². The minimum atomic E-state index is -0.121. The SMILES string of the molecule is Cl.O=C(CC1CC2CCC(C1)N2)NC(CN1CCCC1=O)c1ccccc1. The Morgan fingerprint density at radius 3 is 2.52 bits per heavy atom. The zero-order chi connectivity index (χ0) is 17.9. The summed E-state index contributed by atoms with van der Waals surface area (Å²) < 4.78 is 0. The normalized spacial score (nSPS) is 27.9. The lowest BCUT2D eigenvalue weighted by atomic mass is 9.89. The summed E-state index contributed by atoms with van der Waals surface area (Å²) in [5.41, 5.74) is 1.07. The molecule has 3 unspecified atom stereocenters. The molecule has 0 aliphatic carbocycles. The van der Waals surface area contributed by atoms with Gasteiger partial charge in [-0.1, -0.05) is 30.3 Å². The van der Waals surface area contributed by atoms with Crippen molar-refractivity contribution >= 4 is 24.2 Å². The number of nitrogens with zero attached hydrogens (tertiary/aromatic N) is 1. The van der Waals surface area contributed by atoms with E-state index in [4.69, 9.17) is 0 Å². The Morgan fingerprint density at radius 1 is 1.19 bits per heavy atom.